The van der Waals surface area contributed by atoms with Gasteiger partial charge < -0.3 is 9.67 Å². The zero-order valence-electron chi connectivity index (χ0n) is 10.0. The fourth-order valence-electron chi connectivity index (χ4n) is 2.01. The topological polar surface area (TPSA) is 55.1 Å². The van der Waals surface area contributed by atoms with Gasteiger partial charge in [-0.2, -0.15) is 0 Å². The second-order valence-corrected chi connectivity index (χ2v) is 5.91. The first-order chi connectivity index (χ1) is 9.54. The Hall–Kier alpha value is -1.56. The number of carbonyl (C=O) groups is 1. The van der Waals surface area contributed by atoms with Gasteiger partial charge in [0.1, 0.15) is 0 Å². The summed E-state index contributed by atoms with van der Waals surface area (Å²) in [5, 5.41) is 12.8. The van der Waals surface area contributed by atoms with Crippen LogP contribution in [0.2, 0.25) is 10.0 Å². The van der Waals surface area contributed by atoms with E-state index >= 15 is 0 Å². The molecule has 0 aliphatic rings. The molecule has 0 amide bonds. The minimum Gasteiger partial charge on any atom is -0.476 e. The van der Waals surface area contributed by atoms with Crippen molar-refractivity contribution in [3.8, 4) is 0 Å². The van der Waals surface area contributed by atoms with Crippen molar-refractivity contribution in [3.05, 3.63) is 50.5 Å². The van der Waals surface area contributed by atoms with Gasteiger partial charge in [-0.25, -0.2) is 9.78 Å². The number of hydrogen-bond acceptors (Lipinski definition) is 3. The molecule has 7 heteroatoms. The molecule has 0 aliphatic carbocycles. The van der Waals surface area contributed by atoms with Gasteiger partial charge in [-0.3, -0.25) is 0 Å². The smallest absolute Gasteiger partial charge is 0.365 e. The average molecular weight is 327 g/mol. The first-order valence-electron chi connectivity index (χ1n) is 5.66. The van der Waals surface area contributed by atoms with Gasteiger partial charge in [-0.1, -0.05) is 23.2 Å². The van der Waals surface area contributed by atoms with Gasteiger partial charge in [-0.05, 0) is 18.2 Å². The molecule has 20 heavy (non-hydrogen) atoms. The van der Waals surface area contributed by atoms with E-state index in [2.05, 4.69) is 4.98 Å². The largest absolute Gasteiger partial charge is 0.476 e. The molecule has 3 rings (SSSR count). The standard InChI is InChI=1S/C13H8Cl2N2O2S/c14-7-3-10(15)9-1-2-17(11(9)4-7)5-8-6-20-12(16-8)13(18)19/h1-4,6H,5H2,(H,18,19). The Morgan fingerprint density at radius 1 is 1.40 bits per heavy atom. The zero-order valence-corrected chi connectivity index (χ0v) is 12.3. The van der Waals surface area contributed by atoms with E-state index < -0.39 is 5.97 Å². The lowest BCUT2D eigenvalue weighted by atomic mass is 10.2. The molecule has 0 spiro atoms. The number of aromatic carboxylic acids is 1. The Morgan fingerprint density at radius 2 is 2.20 bits per heavy atom. The zero-order chi connectivity index (χ0) is 14.3. The van der Waals surface area contributed by atoms with Crippen LogP contribution in [0.4, 0.5) is 0 Å². The fourth-order valence-corrected chi connectivity index (χ4v) is 3.20. The number of benzene rings is 1. The molecule has 2 aromatic heterocycles. The molecular formula is C13H8Cl2N2O2S. The van der Waals surface area contributed by atoms with Gasteiger partial charge in [0, 0.05) is 22.0 Å². The lowest BCUT2D eigenvalue weighted by Gasteiger charge is -2.04. The SMILES string of the molecule is O=C(O)c1nc(Cn2ccc3c(Cl)cc(Cl)cc32)cs1. The molecule has 4 nitrogen and oxygen atoms in total. The van der Waals surface area contributed by atoms with Crippen LogP contribution in [0.5, 0.6) is 0 Å². The van der Waals surface area contributed by atoms with Gasteiger partial charge in [0.2, 0.25) is 5.01 Å². The highest BCUT2D eigenvalue weighted by atomic mass is 35.5. The van der Waals surface area contributed by atoms with Crippen LogP contribution in [0.1, 0.15) is 15.5 Å². The molecule has 3 aromatic rings. The van der Waals surface area contributed by atoms with Crippen LogP contribution in [0.3, 0.4) is 0 Å². The summed E-state index contributed by atoms with van der Waals surface area (Å²) < 4.78 is 1.94. The van der Waals surface area contributed by atoms with Crippen LogP contribution in [-0.2, 0) is 6.54 Å². The maximum absolute atomic E-state index is 10.8. The van der Waals surface area contributed by atoms with E-state index in [1.165, 1.54) is 0 Å². The van der Waals surface area contributed by atoms with Gasteiger partial charge in [0.25, 0.3) is 0 Å². The summed E-state index contributed by atoms with van der Waals surface area (Å²) in [6.45, 7) is 0.476. The lowest BCUT2D eigenvalue weighted by molar-refractivity contribution is 0.0696. The van der Waals surface area contributed by atoms with Crippen molar-refractivity contribution in [2.45, 2.75) is 6.54 Å². The minimum absolute atomic E-state index is 0.0903. The maximum Gasteiger partial charge on any atom is 0.365 e. The predicted octanol–water partition coefficient (Wildman–Crippen LogP) is 4.15. The molecule has 102 valence electrons. The van der Waals surface area contributed by atoms with Crippen molar-refractivity contribution in [2.75, 3.05) is 0 Å². The summed E-state index contributed by atoms with van der Waals surface area (Å²) >= 11 is 13.3. The summed E-state index contributed by atoms with van der Waals surface area (Å²) in [6.07, 6.45) is 1.88. The van der Waals surface area contributed by atoms with E-state index in [-0.39, 0.29) is 5.01 Å². The quantitative estimate of drug-likeness (QED) is 0.786. The van der Waals surface area contributed by atoms with Crippen LogP contribution < -0.4 is 0 Å². The molecule has 1 aromatic carbocycles. The first kappa shape index (κ1) is 13.4. The van der Waals surface area contributed by atoms with Gasteiger partial charge in [0.05, 0.1) is 22.8 Å². The number of nitrogens with zero attached hydrogens (tertiary/aromatic N) is 2. The van der Waals surface area contributed by atoms with E-state index in [0.29, 0.717) is 22.3 Å². The number of hydrogen-bond donors (Lipinski definition) is 1. The van der Waals surface area contributed by atoms with E-state index in [1.807, 2.05) is 22.9 Å². The Kier molecular flexibility index (Phi) is 3.41. The highest BCUT2D eigenvalue weighted by molar-refractivity contribution is 7.11. The third-order valence-electron chi connectivity index (χ3n) is 2.87. The van der Waals surface area contributed by atoms with Crippen LogP contribution >= 0.6 is 34.5 Å². The molecule has 2 heterocycles. The van der Waals surface area contributed by atoms with Crippen molar-refractivity contribution in [1.29, 1.82) is 0 Å². The number of fused-ring (bicyclic) bond motifs is 1. The molecule has 0 saturated heterocycles. The fraction of sp³-hybridized carbons (Fsp3) is 0.0769. The van der Waals surface area contributed by atoms with Gasteiger partial charge in [-0.15, -0.1) is 11.3 Å². The summed E-state index contributed by atoms with van der Waals surface area (Å²) in [4.78, 5) is 14.9. The Balaban J connectivity index is 2.00. The summed E-state index contributed by atoms with van der Waals surface area (Å²) in [5.74, 6) is -1.01. The average Bonchev–Trinajstić information content (AvgIpc) is 2.98. The Labute approximate surface area is 128 Å². The van der Waals surface area contributed by atoms with E-state index in [1.54, 1.807) is 11.4 Å². The highest BCUT2D eigenvalue weighted by Gasteiger charge is 2.11. The molecular weight excluding hydrogens is 319 g/mol. The summed E-state index contributed by atoms with van der Waals surface area (Å²) in [5.41, 5.74) is 1.59. The third-order valence-corrected chi connectivity index (χ3v) is 4.28. The van der Waals surface area contributed by atoms with Crippen LogP contribution in [0, 0.1) is 0 Å². The van der Waals surface area contributed by atoms with Crippen LogP contribution in [-0.4, -0.2) is 20.6 Å². The predicted molar refractivity (Wildman–Crippen MR) is 80.1 cm³/mol. The molecule has 1 N–H and O–H groups in total. The Bertz CT molecular complexity index is 810. The molecule has 0 radical (unpaired) electrons. The number of carboxylic acid groups (broad SMARTS) is 1. The summed E-state index contributed by atoms with van der Waals surface area (Å²) in [7, 11) is 0. The van der Waals surface area contributed by atoms with Crippen LogP contribution in [0.25, 0.3) is 10.9 Å². The number of carboxylic acids is 1. The second-order valence-electron chi connectivity index (χ2n) is 4.21. The first-order valence-corrected chi connectivity index (χ1v) is 7.30. The molecule has 0 bridgehead atoms. The molecule has 0 fully saturated rings. The molecule has 0 unspecified atom stereocenters. The van der Waals surface area contributed by atoms with Gasteiger partial charge >= 0.3 is 5.97 Å². The van der Waals surface area contributed by atoms with Gasteiger partial charge in [0.15, 0.2) is 0 Å². The third kappa shape index (κ3) is 2.40. The van der Waals surface area contributed by atoms with E-state index in [4.69, 9.17) is 28.3 Å². The van der Waals surface area contributed by atoms with Crippen molar-refractivity contribution in [3.63, 3.8) is 0 Å². The number of thiazole rings is 1. The lowest BCUT2D eigenvalue weighted by Crippen LogP contribution is -2.00. The molecule has 0 aliphatic heterocycles. The van der Waals surface area contributed by atoms with E-state index in [0.717, 1.165) is 22.2 Å². The normalized spacial score (nSPS) is 11.1. The minimum atomic E-state index is -1.01. The van der Waals surface area contributed by atoms with Crippen molar-refractivity contribution < 1.29 is 9.90 Å². The van der Waals surface area contributed by atoms with Crippen LogP contribution in [0.15, 0.2) is 29.8 Å². The number of halogens is 2. The number of aromatic nitrogens is 2. The van der Waals surface area contributed by atoms with Crippen molar-refractivity contribution >= 4 is 51.4 Å². The highest BCUT2D eigenvalue weighted by Crippen LogP contribution is 2.29. The van der Waals surface area contributed by atoms with E-state index in [9.17, 15) is 4.79 Å². The maximum atomic E-state index is 10.8. The monoisotopic (exact) mass is 326 g/mol. The molecule has 0 atom stereocenters. The Morgan fingerprint density at radius 3 is 2.90 bits per heavy atom. The second kappa shape index (κ2) is 5.09. The molecule has 0 saturated carbocycles. The summed E-state index contributed by atoms with van der Waals surface area (Å²) in [6, 6.07) is 5.42. The number of rotatable bonds is 3. The van der Waals surface area contributed by atoms with Crippen molar-refractivity contribution in [2.24, 2.45) is 0 Å². The van der Waals surface area contributed by atoms with Crippen molar-refractivity contribution in [1.82, 2.24) is 9.55 Å².